The van der Waals surface area contributed by atoms with Gasteiger partial charge in [-0.15, -0.1) is 5.10 Å². The van der Waals surface area contributed by atoms with E-state index >= 15 is 0 Å². The molecule has 3 heterocycles. The number of nitrogens with two attached hydrogens (primary N) is 1. The number of benzene rings is 3. The number of halogens is 3. The molecular weight excluding hydrogens is 479 g/mol. The average Bonchev–Trinajstić information content (AvgIpc) is 3.53. The summed E-state index contributed by atoms with van der Waals surface area (Å²) in [6, 6.07) is 22.7. The highest BCUT2D eigenvalue weighted by atomic mass is 19.4. The molecule has 6 aromatic rings. The molecule has 0 aliphatic heterocycles. The number of fused-ring (bicyclic) bond motifs is 2. The summed E-state index contributed by atoms with van der Waals surface area (Å²) in [5.41, 5.74) is 9.92. The lowest BCUT2D eigenvalue weighted by atomic mass is 9.88. The van der Waals surface area contributed by atoms with Crippen LogP contribution in [0.15, 0.2) is 78.9 Å². The van der Waals surface area contributed by atoms with Crippen molar-refractivity contribution in [3.63, 3.8) is 0 Å². The molecule has 0 saturated heterocycles. The monoisotopic (exact) mass is 499 g/mol. The molecule has 0 aliphatic rings. The van der Waals surface area contributed by atoms with E-state index in [-0.39, 0.29) is 5.92 Å². The number of pyridine rings is 1. The fraction of sp³-hybridized carbons (Fsp3) is 0.111. The Morgan fingerprint density at radius 3 is 2.30 bits per heavy atom. The summed E-state index contributed by atoms with van der Waals surface area (Å²) in [7, 11) is 0. The SMILES string of the molecule is Nc1cc(C(Cc2nc3c(-c4ccccc4)cc(C(F)(F)F)cc3[nH]2)c2ccccc2)c2n[nH]nc2n1. The van der Waals surface area contributed by atoms with E-state index in [2.05, 4.69) is 25.4 Å². The molecule has 4 N–H and O–H groups in total. The molecule has 37 heavy (non-hydrogen) atoms. The van der Waals surface area contributed by atoms with Crippen molar-refractivity contribution in [3.05, 3.63) is 101 Å². The van der Waals surface area contributed by atoms with Gasteiger partial charge in [0.25, 0.3) is 0 Å². The van der Waals surface area contributed by atoms with Gasteiger partial charge in [-0.3, -0.25) is 0 Å². The molecule has 10 heteroatoms. The number of anilines is 1. The third kappa shape index (κ3) is 4.26. The van der Waals surface area contributed by atoms with Gasteiger partial charge in [-0.05, 0) is 34.9 Å². The minimum Gasteiger partial charge on any atom is -0.384 e. The van der Waals surface area contributed by atoms with Crippen molar-refractivity contribution in [2.24, 2.45) is 0 Å². The van der Waals surface area contributed by atoms with Crippen LogP contribution < -0.4 is 5.73 Å². The Morgan fingerprint density at radius 1 is 0.838 bits per heavy atom. The summed E-state index contributed by atoms with van der Waals surface area (Å²) in [5.74, 6) is 0.567. The normalized spacial score (nSPS) is 12.8. The molecule has 0 fully saturated rings. The summed E-state index contributed by atoms with van der Waals surface area (Å²) >= 11 is 0. The van der Waals surface area contributed by atoms with Gasteiger partial charge in [0.1, 0.15) is 17.2 Å². The summed E-state index contributed by atoms with van der Waals surface area (Å²) in [4.78, 5) is 12.2. The van der Waals surface area contributed by atoms with Crippen molar-refractivity contribution >= 4 is 28.0 Å². The van der Waals surface area contributed by atoms with Crippen LogP contribution in [0.2, 0.25) is 0 Å². The maximum absolute atomic E-state index is 13.8. The first-order chi connectivity index (χ1) is 17.9. The Balaban J connectivity index is 1.51. The van der Waals surface area contributed by atoms with Gasteiger partial charge >= 0.3 is 6.18 Å². The van der Waals surface area contributed by atoms with E-state index in [9.17, 15) is 13.2 Å². The van der Waals surface area contributed by atoms with Gasteiger partial charge in [0.2, 0.25) is 5.65 Å². The van der Waals surface area contributed by atoms with Gasteiger partial charge < -0.3 is 10.7 Å². The van der Waals surface area contributed by atoms with E-state index in [1.54, 1.807) is 30.3 Å². The van der Waals surface area contributed by atoms with E-state index in [0.29, 0.717) is 51.4 Å². The van der Waals surface area contributed by atoms with Gasteiger partial charge in [0.05, 0.1) is 16.6 Å². The van der Waals surface area contributed by atoms with E-state index in [4.69, 9.17) is 10.7 Å². The molecule has 3 aromatic heterocycles. The molecule has 6 rings (SSSR count). The summed E-state index contributed by atoms with van der Waals surface area (Å²) in [5, 5.41) is 10.9. The Bertz CT molecular complexity index is 1710. The number of imidazole rings is 1. The molecule has 0 radical (unpaired) electrons. The Labute approximate surface area is 208 Å². The van der Waals surface area contributed by atoms with Crippen molar-refractivity contribution in [1.82, 2.24) is 30.4 Å². The highest BCUT2D eigenvalue weighted by Gasteiger charge is 2.32. The molecule has 3 aromatic carbocycles. The predicted octanol–water partition coefficient (Wildman–Crippen LogP) is 5.87. The predicted molar refractivity (Wildman–Crippen MR) is 135 cm³/mol. The minimum absolute atomic E-state index is 0.262. The van der Waals surface area contributed by atoms with Crippen molar-refractivity contribution in [3.8, 4) is 11.1 Å². The first-order valence-corrected chi connectivity index (χ1v) is 11.5. The molecule has 0 amide bonds. The van der Waals surface area contributed by atoms with Crippen LogP contribution in [-0.2, 0) is 12.6 Å². The molecule has 1 atom stereocenters. The minimum atomic E-state index is -4.50. The summed E-state index contributed by atoms with van der Waals surface area (Å²) < 4.78 is 41.3. The number of aromatic nitrogens is 6. The van der Waals surface area contributed by atoms with Crippen LogP contribution >= 0.6 is 0 Å². The number of hydrogen-bond donors (Lipinski definition) is 3. The van der Waals surface area contributed by atoms with E-state index in [1.165, 1.54) is 0 Å². The van der Waals surface area contributed by atoms with Crippen molar-refractivity contribution < 1.29 is 13.2 Å². The fourth-order valence-electron chi connectivity index (χ4n) is 4.70. The number of nitrogens with one attached hydrogen (secondary N) is 2. The zero-order valence-electron chi connectivity index (χ0n) is 19.3. The fourth-order valence-corrected chi connectivity index (χ4v) is 4.70. The zero-order valence-corrected chi connectivity index (χ0v) is 19.3. The summed E-state index contributed by atoms with van der Waals surface area (Å²) in [6.45, 7) is 0. The second-order valence-electron chi connectivity index (χ2n) is 8.77. The maximum atomic E-state index is 13.8. The number of H-pyrrole nitrogens is 2. The van der Waals surface area contributed by atoms with Crippen molar-refractivity contribution in [2.45, 2.75) is 18.5 Å². The van der Waals surface area contributed by atoms with Crippen LogP contribution in [0.4, 0.5) is 19.0 Å². The van der Waals surface area contributed by atoms with Crippen LogP contribution in [0.25, 0.3) is 33.3 Å². The second kappa shape index (κ2) is 8.74. The van der Waals surface area contributed by atoms with Crippen LogP contribution in [0.1, 0.15) is 28.4 Å². The smallest absolute Gasteiger partial charge is 0.384 e. The van der Waals surface area contributed by atoms with E-state index in [1.807, 2.05) is 36.4 Å². The number of aromatic amines is 2. The van der Waals surface area contributed by atoms with Gasteiger partial charge in [-0.25, -0.2) is 9.97 Å². The highest BCUT2D eigenvalue weighted by molar-refractivity contribution is 5.93. The van der Waals surface area contributed by atoms with Gasteiger partial charge in [-0.1, -0.05) is 60.7 Å². The van der Waals surface area contributed by atoms with E-state index < -0.39 is 11.7 Å². The Hall–Kier alpha value is -4.73. The average molecular weight is 500 g/mol. The van der Waals surface area contributed by atoms with Crippen LogP contribution in [0.5, 0.6) is 0 Å². The largest absolute Gasteiger partial charge is 0.416 e. The van der Waals surface area contributed by atoms with Crippen LogP contribution in [0, 0.1) is 0 Å². The highest BCUT2D eigenvalue weighted by Crippen LogP contribution is 2.38. The third-order valence-electron chi connectivity index (χ3n) is 6.36. The number of nitrogen functional groups attached to an aromatic ring is 1. The topological polar surface area (TPSA) is 109 Å². The first kappa shape index (κ1) is 22.7. The van der Waals surface area contributed by atoms with Crippen molar-refractivity contribution in [1.29, 1.82) is 0 Å². The number of hydrogen-bond acceptors (Lipinski definition) is 5. The molecule has 0 bridgehead atoms. The lowest BCUT2D eigenvalue weighted by Crippen LogP contribution is -2.08. The molecular formula is C27H20F3N7. The lowest BCUT2D eigenvalue weighted by Gasteiger charge is -2.17. The Kier molecular flexibility index (Phi) is 5.36. The lowest BCUT2D eigenvalue weighted by molar-refractivity contribution is -0.137. The van der Waals surface area contributed by atoms with Crippen LogP contribution in [-0.4, -0.2) is 30.4 Å². The molecule has 7 nitrogen and oxygen atoms in total. The third-order valence-corrected chi connectivity index (χ3v) is 6.36. The van der Waals surface area contributed by atoms with E-state index in [0.717, 1.165) is 23.3 Å². The molecule has 1 unspecified atom stereocenters. The first-order valence-electron chi connectivity index (χ1n) is 11.5. The number of rotatable bonds is 5. The van der Waals surface area contributed by atoms with Crippen molar-refractivity contribution in [2.75, 3.05) is 5.73 Å². The zero-order chi connectivity index (χ0) is 25.6. The molecule has 184 valence electrons. The number of nitrogens with zero attached hydrogens (tertiary/aromatic N) is 4. The number of alkyl halides is 3. The Morgan fingerprint density at radius 2 is 1.57 bits per heavy atom. The van der Waals surface area contributed by atoms with Gasteiger partial charge in [0, 0.05) is 17.9 Å². The van der Waals surface area contributed by atoms with Gasteiger partial charge in [0.15, 0.2) is 0 Å². The second-order valence-corrected chi connectivity index (χ2v) is 8.77. The molecule has 0 spiro atoms. The quantitative estimate of drug-likeness (QED) is 0.275. The van der Waals surface area contributed by atoms with Crippen LogP contribution in [0.3, 0.4) is 0 Å². The van der Waals surface area contributed by atoms with Gasteiger partial charge in [-0.2, -0.15) is 23.5 Å². The standard InChI is InChI=1S/C27H20F3N7/c28-27(29,30)17-11-19(16-9-5-2-6-10-16)24-21(12-17)32-23(34-24)14-18(15-7-3-1-4-8-15)20-13-22(31)33-26-25(20)35-37-36-26/h1-13,18H,14H2,(H,32,34)(H3,31,33,35,36,37). The molecule has 0 aliphatic carbocycles. The summed E-state index contributed by atoms with van der Waals surface area (Å²) in [6.07, 6.45) is -4.14. The maximum Gasteiger partial charge on any atom is 0.416 e. The molecule has 0 saturated carbocycles.